The van der Waals surface area contributed by atoms with Crippen LogP contribution in [0.4, 0.5) is 0 Å². The highest BCUT2D eigenvalue weighted by atomic mass is 16.5. The molecule has 0 aromatic heterocycles. The first-order valence-corrected chi connectivity index (χ1v) is 8.98. The van der Waals surface area contributed by atoms with Gasteiger partial charge in [0.1, 0.15) is 12.4 Å². The molecule has 1 amide bonds. The van der Waals surface area contributed by atoms with E-state index in [4.69, 9.17) is 9.47 Å². The maximum Gasteiger partial charge on any atom is 0.251 e. The molecular weight excluding hydrogens is 304 g/mol. The van der Waals surface area contributed by atoms with Crippen molar-refractivity contribution in [3.63, 3.8) is 0 Å². The van der Waals surface area contributed by atoms with Gasteiger partial charge in [-0.2, -0.15) is 0 Å². The van der Waals surface area contributed by atoms with Crippen molar-refractivity contribution in [2.75, 3.05) is 32.8 Å². The predicted octanol–water partition coefficient (Wildman–Crippen LogP) is 2.36. The summed E-state index contributed by atoms with van der Waals surface area (Å²) >= 11 is 0. The number of rotatable bonds is 6. The van der Waals surface area contributed by atoms with Gasteiger partial charge in [0.05, 0.1) is 6.10 Å². The van der Waals surface area contributed by atoms with Crippen LogP contribution in [0.2, 0.25) is 0 Å². The van der Waals surface area contributed by atoms with E-state index in [-0.39, 0.29) is 17.4 Å². The lowest BCUT2D eigenvalue weighted by Gasteiger charge is -2.34. The Hall–Kier alpha value is -1.59. The minimum atomic E-state index is -0.0303. The highest BCUT2D eigenvalue weighted by Gasteiger charge is 2.27. The largest absolute Gasteiger partial charge is 0.491 e. The number of carbonyl (C=O) groups excluding carboxylic acids is 1. The van der Waals surface area contributed by atoms with Gasteiger partial charge in [-0.25, -0.2) is 0 Å². The zero-order valence-electron chi connectivity index (χ0n) is 14.5. The van der Waals surface area contributed by atoms with Crippen LogP contribution >= 0.6 is 0 Å². The summed E-state index contributed by atoms with van der Waals surface area (Å²) in [5, 5.41) is 6.45. The molecule has 2 heterocycles. The van der Waals surface area contributed by atoms with Crippen molar-refractivity contribution in [3.05, 3.63) is 29.8 Å². The van der Waals surface area contributed by atoms with Crippen molar-refractivity contribution in [3.8, 4) is 5.75 Å². The van der Waals surface area contributed by atoms with Gasteiger partial charge in [-0.3, -0.25) is 4.79 Å². The Morgan fingerprint density at radius 2 is 2.25 bits per heavy atom. The fourth-order valence-corrected chi connectivity index (χ4v) is 3.29. The molecular formula is C19H28N2O3. The molecule has 0 spiro atoms. The number of hydrogen-bond acceptors (Lipinski definition) is 4. The van der Waals surface area contributed by atoms with E-state index < -0.39 is 0 Å². The second kappa shape index (κ2) is 7.99. The van der Waals surface area contributed by atoms with Crippen LogP contribution < -0.4 is 15.4 Å². The fourth-order valence-electron chi connectivity index (χ4n) is 3.29. The van der Waals surface area contributed by atoms with Gasteiger partial charge in [-0.15, -0.1) is 0 Å². The molecule has 0 aliphatic carbocycles. The molecule has 2 N–H and O–H groups in total. The number of ether oxygens (including phenoxy) is 2. The fraction of sp³-hybridized carbons (Fsp3) is 0.632. The molecule has 5 nitrogen and oxygen atoms in total. The van der Waals surface area contributed by atoms with Crippen LogP contribution in [0.15, 0.2) is 24.3 Å². The molecule has 1 aromatic carbocycles. The molecule has 1 aromatic rings. The van der Waals surface area contributed by atoms with Crippen molar-refractivity contribution in [2.24, 2.45) is 5.41 Å². The third-order valence-electron chi connectivity index (χ3n) is 5.04. The molecule has 0 bridgehead atoms. The summed E-state index contributed by atoms with van der Waals surface area (Å²) in [7, 11) is 0. The Bertz CT molecular complexity index is 549. The average Bonchev–Trinajstić information content (AvgIpc) is 3.12. The molecule has 2 fully saturated rings. The first-order chi connectivity index (χ1) is 11.6. The normalized spacial score (nSPS) is 23.0. The van der Waals surface area contributed by atoms with Gasteiger partial charge in [-0.1, -0.05) is 13.0 Å². The highest BCUT2D eigenvalue weighted by Crippen LogP contribution is 2.27. The first-order valence-electron chi connectivity index (χ1n) is 8.98. The molecule has 1 atom stereocenters. The van der Waals surface area contributed by atoms with Crippen LogP contribution in [-0.2, 0) is 4.74 Å². The number of carbonyl (C=O) groups is 1. The zero-order valence-corrected chi connectivity index (χ0v) is 14.5. The van der Waals surface area contributed by atoms with Crippen molar-refractivity contribution >= 4 is 5.91 Å². The van der Waals surface area contributed by atoms with E-state index >= 15 is 0 Å². The third kappa shape index (κ3) is 4.71. The number of benzene rings is 1. The van der Waals surface area contributed by atoms with Crippen LogP contribution in [0.1, 0.15) is 43.0 Å². The molecule has 0 saturated carbocycles. The minimum Gasteiger partial charge on any atom is -0.491 e. The quantitative estimate of drug-likeness (QED) is 0.840. The van der Waals surface area contributed by atoms with Gasteiger partial charge in [0.2, 0.25) is 0 Å². The van der Waals surface area contributed by atoms with Crippen LogP contribution in [-0.4, -0.2) is 44.9 Å². The van der Waals surface area contributed by atoms with Crippen LogP contribution in [0.3, 0.4) is 0 Å². The minimum absolute atomic E-state index is 0.0303. The van der Waals surface area contributed by atoms with E-state index in [1.165, 1.54) is 0 Å². The molecule has 24 heavy (non-hydrogen) atoms. The van der Waals surface area contributed by atoms with E-state index in [2.05, 4.69) is 17.6 Å². The second-order valence-electron chi connectivity index (χ2n) is 7.22. The highest BCUT2D eigenvalue weighted by molar-refractivity contribution is 5.94. The number of nitrogens with one attached hydrogen (secondary N) is 2. The van der Waals surface area contributed by atoms with Crippen molar-refractivity contribution in [2.45, 2.75) is 38.7 Å². The summed E-state index contributed by atoms with van der Waals surface area (Å²) in [4.78, 5) is 12.4. The third-order valence-corrected chi connectivity index (χ3v) is 5.04. The van der Waals surface area contributed by atoms with Crippen molar-refractivity contribution < 1.29 is 14.3 Å². The summed E-state index contributed by atoms with van der Waals surface area (Å²) in [5.74, 6) is 0.698. The Morgan fingerprint density at radius 1 is 1.42 bits per heavy atom. The molecule has 2 aliphatic rings. The Labute approximate surface area is 144 Å². The number of piperidine rings is 1. The molecule has 0 radical (unpaired) electrons. The van der Waals surface area contributed by atoms with E-state index in [0.29, 0.717) is 18.7 Å². The van der Waals surface area contributed by atoms with E-state index in [1.807, 2.05) is 24.3 Å². The SMILES string of the molecule is CC1(CNC(=O)c2cccc(OCC3CCCO3)c2)CCNCC1. The van der Waals surface area contributed by atoms with Crippen LogP contribution in [0, 0.1) is 5.41 Å². The molecule has 2 aliphatic heterocycles. The molecule has 132 valence electrons. The van der Waals surface area contributed by atoms with Gasteiger partial charge in [-0.05, 0) is 62.4 Å². The maximum absolute atomic E-state index is 12.4. The summed E-state index contributed by atoms with van der Waals surface area (Å²) in [6.45, 7) is 6.39. The Kier molecular flexibility index (Phi) is 5.74. The Morgan fingerprint density at radius 3 is 3.00 bits per heavy atom. The average molecular weight is 332 g/mol. The van der Waals surface area contributed by atoms with E-state index in [0.717, 1.165) is 51.1 Å². The smallest absolute Gasteiger partial charge is 0.251 e. The lowest BCUT2D eigenvalue weighted by atomic mass is 9.81. The number of hydrogen-bond donors (Lipinski definition) is 2. The maximum atomic E-state index is 12.4. The standard InChI is InChI=1S/C19H28N2O3/c1-19(7-9-20-10-8-19)14-21-18(22)15-4-2-5-16(12-15)24-13-17-6-3-11-23-17/h2,4-5,12,17,20H,3,6-11,13-14H2,1H3,(H,21,22). The summed E-state index contributed by atoms with van der Waals surface area (Å²) < 4.78 is 11.3. The predicted molar refractivity (Wildman–Crippen MR) is 93.5 cm³/mol. The molecule has 1 unspecified atom stereocenters. The summed E-state index contributed by atoms with van der Waals surface area (Å²) in [5.41, 5.74) is 0.840. The Balaban J connectivity index is 1.51. The lowest BCUT2D eigenvalue weighted by Crippen LogP contribution is -2.42. The summed E-state index contributed by atoms with van der Waals surface area (Å²) in [6.07, 6.45) is 4.52. The lowest BCUT2D eigenvalue weighted by molar-refractivity contribution is 0.0679. The zero-order chi connectivity index (χ0) is 16.8. The van der Waals surface area contributed by atoms with Crippen LogP contribution in [0.25, 0.3) is 0 Å². The molecule has 3 rings (SSSR count). The molecule has 2 saturated heterocycles. The van der Waals surface area contributed by atoms with Crippen molar-refractivity contribution in [1.29, 1.82) is 0 Å². The van der Waals surface area contributed by atoms with E-state index in [9.17, 15) is 4.79 Å². The number of amides is 1. The van der Waals surface area contributed by atoms with E-state index in [1.54, 1.807) is 0 Å². The van der Waals surface area contributed by atoms with Gasteiger partial charge in [0, 0.05) is 18.7 Å². The summed E-state index contributed by atoms with van der Waals surface area (Å²) in [6, 6.07) is 7.40. The van der Waals surface area contributed by atoms with Gasteiger partial charge in [0.25, 0.3) is 5.91 Å². The topological polar surface area (TPSA) is 59.6 Å². The van der Waals surface area contributed by atoms with Crippen molar-refractivity contribution in [1.82, 2.24) is 10.6 Å². The van der Waals surface area contributed by atoms with Gasteiger partial charge < -0.3 is 20.1 Å². The molecule has 5 heteroatoms. The monoisotopic (exact) mass is 332 g/mol. The first kappa shape index (κ1) is 17.2. The van der Waals surface area contributed by atoms with Gasteiger partial charge >= 0.3 is 0 Å². The van der Waals surface area contributed by atoms with Gasteiger partial charge in [0.15, 0.2) is 0 Å². The second-order valence-corrected chi connectivity index (χ2v) is 7.22. The van der Waals surface area contributed by atoms with Crippen LogP contribution in [0.5, 0.6) is 5.75 Å².